The van der Waals surface area contributed by atoms with Gasteiger partial charge in [-0.1, -0.05) is 6.07 Å². The Bertz CT molecular complexity index is 740. The van der Waals surface area contributed by atoms with Gasteiger partial charge in [-0.2, -0.15) is 0 Å². The van der Waals surface area contributed by atoms with E-state index in [-0.39, 0.29) is 24.2 Å². The maximum Gasteiger partial charge on any atom is 0.237 e. The fraction of sp³-hybridized carbons (Fsp3) is 0.444. The molecular weight excluding hydrogens is 323 g/mol. The molecule has 1 amide bonds. The third-order valence-electron chi connectivity index (χ3n) is 4.64. The second-order valence-electron chi connectivity index (χ2n) is 6.32. The van der Waals surface area contributed by atoms with Crippen LogP contribution >= 0.6 is 0 Å². The number of nitrogens with two attached hydrogens (primary N) is 1. The molecule has 0 radical (unpaired) electrons. The Hall–Kier alpha value is -2.25. The standard InChI is InChI=1S/C18H23FN4O2/c1-12-21-6-7-23(12)16-3-2-13(10-15(16)19)11-22-18(24)17(20)14-4-8-25-9-5-14/h2-3,6-7,10,14,17H,4-5,8-9,11,20H2,1H3,(H,22,24). The van der Waals surface area contributed by atoms with Gasteiger partial charge in [0.05, 0.1) is 11.7 Å². The Labute approximate surface area is 146 Å². The van der Waals surface area contributed by atoms with Crippen molar-refractivity contribution >= 4 is 5.91 Å². The molecule has 1 unspecified atom stereocenters. The molecule has 1 aromatic carbocycles. The van der Waals surface area contributed by atoms with E-state index in [0.717, 1.165) is 12.8 Å². The number of amides is 1. The Balaban J connectivity index is 1.60. The number of hydrogen-bond acceptors (Lipinski definition) is 4. The van der Waals surface area contributed by atoms with E-state index in [1.54, 1.807) is 29.1 Å². The normalized spacial score (nSPS) is 16.6. The van der Waals surface area contributed by atoms with E-state index in [0.29, 0.717) is 30.3 Å². The van der Waals surface area contributed by atoms with E-state index in [1.165, 1.54) is 6.07 Å². The summed E-state index contributed by atoms with van der Waals surface area (Å²) >= 11 is 0. The Morgan fingerprint density at radius 2 is 2.24 bits per heavy atom. The van der Waals surface area contributed by atoms with Gasteiger partial charge in [0.15, 0.2) is 0 Å². The predicted molar refractivity (Wildman–Crippen MR) is 91.6 cm³/mol. The molecule has 0 aliphatic carbocycles. The first-order valence-electron chi connectivity index (χ1n) is 8.46. The van der Waals surface area contributed by atoms with Gasteiger partial charge in [0, 0.05) is 32.2 Å². The molecule has 25 heavy (non-hydrogen) atoms. The Kier molecular flexibility index (Phi) is 5.45. The van der Waals surface area contributed by atoms with Crippen molar-refractivity contribution in [1.82, 2.24) is 14.9 Å². The molecule has 7 heteroatoms. The largest absolute Gasteiger partial charge is 0.381 e. The predicted octanol–water partition coefficient (Wildman–Crippen LogP) is 1.69. The van der Waals surface area contributed by atoms with E-state index >= 15 is 0 Å². The van der Waals surface area contributed by atoms with Gasteiger partial charge in [0.1, 0.15) is 11.6 Å². The van der Waals surface area contributed by atoms with Crippen molar-refractivity contribution in [3.05, 3.63) is 47.8 Å². The number of carbonyl (C=O) groups excluding carboxylic acids is 1. The molecule has 3 N–H and O–H groups in total. The molecule has 0 bridgehead atoms. The highest BCUT2D eigenvalue weighted by molar-refractivity contribution is 5.81. The van der Waals surface area contributed by atoms with Crippen LogP contribution in [-0.4, -0.2) is 34.7 Å². The zero-order valence-electron chi connectivity index (χ0n) is 14.2. The van der Waals surface area contributed by atoms with Gasteiger partial charge in [0.2, 0.25) is 5.91 Å². The molecule has 1 aliphatic rings. The van der Waals surface area contributed by atoms with E-state index in [4.69, 9.17) is 10.5 Å². The lowest BCUT2D eigenvalue weighted by molar-refractivity contribution is -0.124. The zero-order valence-corrected chi connectivity index (χ0v) is 14.2. The molecule has 0 spiro atoms. The molecular formula is C18H23FN4O2. The first kappa shape index (κ1) is 17.6. The number of nitrogens with zero attached hydrogens (tertiary/aromatic N) is 2. The summed E-state index contributed by atoms with van der Waals surface area (Å²) in [6.45, 7) is 3.35. The average Bonchev–Trinajstić information content (AvgIpc) is 3.05. The second-order valence-corrected chi connectivity index (χ2v) is 6.32. The highest BCUT2D eigenvalue weighted by Gasteiger charge is 2.26. The van der Waals surface area contributed by atoms with Crippen LogP contribution in [0.4, 0.5) is 4.39 Å². The first-order chi connectivity index (χ1) is 12.1. The number of halogens is 1. The third kappa shape index (κ3) is 4.05. The maximum atomic E-state index is 14.4. The summed E-state index contributed by atoms with van der Waals surface area (Å²) in [5, 5.41) is 2.80. The maximum absolute atomic E-state index is 14.4. The smallest absolute Gasteiger partial charge is 0.237 e. The minimum atomic E-state index is -0.554. The van der Waals surface area contributed by atoms with Gasteiger partial charge in [-0.15, -0.1) is 0 Å². The Morgan fingerprint density at radius 3 is 2.88 bits per heavy atom. The summed E-state index contributed by atoms with van der Waals surface area (Å²) in [6.07, 6.45) is 4.92. The van der Waals surface area contributed by atoms with Crippen LogP contribution in [0.15, 0.2) is 30.6 Å². The fourth-order valence-electron chi connectivity index (χ4n) is 3.08. The minimum Gasteiger partial charge on any atom is -0.381 e. The molecule has 1 atom stereocenters. The van der Waals surface area contributed by atoms with Crippen LogP contribution in [-0.2, 0) is 16.1 Å². The van der Waals surface area contributed by atoms with Crippen LogP contribution in [0, 0.1) is 18.7 Å². The molecule has 1 aliphatic heterocycles. The molecule has 0 saturated carbocycles. The van der Waals surface area contributed by atoms with Crippen molar-refractivity contribution in [3.8, 4) is 5.69 Å². The molecule has 1 aromatic heterocycles. The molecule has 2 aromatic rings. The van der Waals surface area contributed by atoms with E-state index in [9.17, 15) is 9.18 Å². The molecule has 2 heterocycles. The summed E-state index contributed by atoms with van der Waals surface area (Å²) in [5.74, 6) is 0.280. The SMILES string of the molecule is Cc1nccn1-c1ccc(CNC(=O)C(N)C2CCOCC2)cc1F. The number of aromatic nitrogens is 2. The van der Waals surface area contributed by atoms with Crippen LogP contribution in [0.25, 0.3) is 5.69 Å². The summed E-state index contributed by atoms with van der Waals surface area (Å²) in [5.41, 5.74) is 7.16. The molecule has 6 nitrogen and oxygen atoms in total. The van der Waals surface area contributed by atoms with Gasteiger partial charge >= 0.3 is 0 Å². The summed E-state index contributed by atoms with van der Waals surface area (Å²) in [7, 11) is 0. The number of carbonyl (C=O) groups is 1. The molecule has 1 saturated heterocycles. The van der Waals surface area contributed by atoms with Crippen molar-refractivity contribution < 1.29 is 13.9 Å². The lowest BCUT2D eigenvalue weighted by atomic mass is 9.92. The van der Waals surface area contributed by atoms with E-state index < -0.39 is 6.04 Å². The summed E-state index contributed by atoms with van der Waals surface area (Å²) < 4.78 is 21.3. The van der Waals surface area contributed by atoms with Crippen LogP contribution in [0.1, 0.15) is 24.2 Å². The quantitative estimate of drug-likeness (QED) is 0.863. The van der Waals surface area contributed by atoms with Crippen molar-refractivity contribution in [3.63, 3.8) is 0 Å². The van der Waals surface area contributed by atoms with Crippen LogP contribution in [0.2, 0.25) is 0 Å². The number of imidazole rings is 1. The highest BCUT2D eigenvalue weighted by Crippen LogP contribution is 2.19. The number of aryl methyl sites for hydroxylation is 1. The highest BCUT2D eigenvalue weighted by atomic mass is 19.1. The number of hydrogen-bond donors (Lipinski definition) is 2. The number of benzene rings is 1. The molecule has 3 rings (SSSR count). The fourth-order valence-corrected chi connectivity index (χ4v) is 3.08. The Morgan fingerprint density at radius 1 is 1.48 bits per heavy atom. The van der Waals surface area contributed by atoms with Crippen molar-refractivity contribution in [2.75, 3.05) is 13.2 Å². The third-order valence-corrected chi connectivity index (χ3v) is 4.64. The van der Waals surface area contributed by atoms with Crippen LogP contribution in [0.5, 0.6) is 0 Å². The summed E-state index contributed by atoms with van der Waals surface area (Å²) in [6, 6.07) is 4.35. The second kappa shape index (κ2) is 7.76. The molecule has 134 valence electrons. The van der Waals surface area contributed by atoms with Gasteiger partial charge < -0.3 is 20.4 Å². The lowest BCUT2D eigenvalue weighted by Crippen LogP contribution is -2.46. The van der Waals surface area contributed by atoms with Crippen molar-refractivity contribution in [2.24, 2.45) is 11.7 Å². The monoisotopic (exact) mass is 346 g/mol. The number of nitrogens with one attached hydrogen (secondary N) is 1. The average molecular weight is 346 g/mol. The van der Waals surface area contributed by atoms with Crippen LogP contribution in [0.3, 0.4) is 0 Å². The topological polar surface area (TPSA) is 82.2 Å². The van der Waals surface area contributed by atoms with Gasteiger partial charge in [-0.3, -0.25) is 4.79 Å². The van der Waals surface area contributed by atoms with Gasteiger partial charge in [-0.05, 0) is 43.4 Å². The number of ether oxygens (including phenoxy) is 1. The van der Waals surface area contributed by atoms with Gasteiger partial charge in [0.25, 0.3) is 0 Å². The summed E-state index contributed by atoms with van der Waals surface area (Å²) in [4.78, 5) is 16.3. The minimum absolute atomic E-state index is 0.136. The van der Waals surface area contributed by atoms with E-state index in [2.05, 4.69) is 10.3 Å². The van der Waals surface area contributed by atoms with Gasteiger partial charge in [-0.25, -0.2) is 9.37 Å². The van der Waals surface area contributed by atoms with E-state index in [1.807, 2.05) is 6.92 Å². The molecule has 1 fully saturated rings. The van der Waals surface area contributed by atoms with Crippen LogP contribution < -0.4 is 11.1 Å². The van der Waals surface area contributed by atoms with Crippen molar-refractivity contribution in [2.45, 2.75) is 32.4 Å². The first-order valence-corrected chi connectivity index (χ1v) is 8.46. The zero-order chi connectivity index (χ0) is 17.8. The van der Waals surface area contributed by atoms with Crippen molar-refractivity contribution in [1.29, 1.82) is 0 Å². The number of rotatable bonds is 5. The lowest BCUT2D eigenvalue weighted by Gasteiger charge is -2.26.